The summed E-state index contributed by atoms with van der Waals surface area (Å²) >= 11 is 0. The monoisotopic (exact) mass is 420 g/mol. The van der Waals surface area contributed by atoms with Gasteiger partial charge in [-0.15, -0.1) is 0 Å². The van der Waals surface area contributed by atoms with Gasteiger partial charge < -0.3 is 11.5 Å². The van der Waals surface area contributed by atoms with E-state index in [2.05, 4.69) is 51.8 Å². The Hall–Kier alpha value is -3.77. The third kappa shape index (κ3) is 3.03. The Bertz CT molecular complexity index is 1430. The highest BCUT2D eigenvalue weighted by Crippen LogP contribution is 2.42. The van der Waals surface area contributed by atoms with Crippen LogP contribution in [0.4, 0.5) is 5.82 Å². The first kappa shape index (κ1) is 19.0. The third-order valence-corrected chi connectivity index (χ3v) is 6.58. The highest BCUT2D eigenvalue weighted by Gasteiger charge is 2.33. The molecule has 0 aliphatic heterocycles. The maximum Gasteiger partial charge on any atom is 0.150 e. The molecular formula is C26H24N6. The molecule has 1 fully saturated rings. The minimum atomic E-state index is 0.398. The Morgan fingerprint density at radius 1 is 0.938 bits per heavy atom. The summed E-state index contributed by atoms with van der Waals surface area (Å²) in [6, 6.07) is 20.7. The molecule has 32 heavy (non-hydrogen) atoms. The average Bonchev–Trinajstić information content (AvgIpc) is 3.19. The van der Waals surface area contributed by atoms with Crippen LogP contribution >= 0.6 is 0 Å². The Morgan fingerprint density at radius 3 is 2.56 bits per heavy atom. The zero-order chi connectivity index (χ0) is 21.7. The highest BCUT2D eigenvalue weighted by molar-refractivity contribution is 5.91. The van der Waals surface area contributed by atoms with Crippen molar-refractivity contribution in [1.29, 1.82) is 0 Å². The Labute approximate surface area is 186 Å². The molecule has 1 aliphatic rings. The zero-order valence-corrected chi connectivity index (χ0v) is 17.6. The van der Waals surface area contributed by atoms with E-state index in [0.29, 0.717) is 17.7 Å². The van der Waals surface area contributed by atoms with Crippen LogP contribution in [-0.2, 0) is 0 Å². The second-order valence-electron chi connectivity index (χ2n) is 8.59. The molecule has 3 aromatic heterocycles. The van der Waals surface area contributed by atoms with E-state index in [-0.39, 0.29) is 0 Å². The minimum Gasteiger partial charge on any atom is -0.382 e. The summed E-state index contributed by atoms with van der Waals surface area (Å²) in [5.74, 6) is 2.51. The van der Waals surface area contributed by atoms with E-state index in [4.69, 9.17) is 21.4 Å². The second-order valence-corrected chi connectivity index (χ2v) is 8.59. The number of rotatable bonds is 4. The Morgan fingerprint density at radius 2 is 1.75 bits per heavy atom. The predicted molar refractivity (Wildman–Crippen MR) is 128 cm³/mol. The number of benzene rings is 2. The largest absolute Gasteiger partial charge is 0.382 e. The standard InChI is InChI=1S/C26H24N6/c27-15-16-12-20(13-16)26-31-23(24-25(28)29-10-11-32(24)26)19-7-6-18-8-9-21(30-22(18)14-19)17-4-2-1-3-5-17/h1-11,14,16,20H,12-13,15,27H2,(H2,28,29). The molecular weight excluding hydrogens is 396 g/mol. The molecule has 0 bridgehead atoms. The molecule has 2 aromatic carbocycles. The van der Waals surface area contributed by atoms with E-state index in [9.17, 15) is 0 Å². The topological polar surface area (TPSA) is 95.1 Å². The van der Waals surface area contributed by atoms with Gasteiger partial charge in [-0.05, 0) is 37.4 Å². The number of pyridine rings is 1. The molecule has 1 aliphatic carbocycles. The van der Waals surface area contributed by atoms with Crippen molar-refractivity contribution in [3.8, 4) is 22.5 Å². The fraction of sp³-hybridized carbons (Fsp3) is 0.192. The first-order chi connectivity index (χ1) is 15.7. The van der Waals surface area contributed by atoms with Gasteiger partial charge in [-0.3, -0.25) is 4.40 Å². The quantitative estimate of drug-likeness (QED) is 0.441. The smallest absolute Gasteiger partial charge is 0.150 e. The molecule has 3 heterocycles. The molecule has 6 rings (SSSR count). The van der Waals surface area contributed by atoms with Crippen LogP contribution in [0.5, 0.6) is 0 Å². The van der Waals surface area contributed by atoms with Crippen LogP contribution in [0.3, 0.4) is 0 Å². The summed E-state index contributed by atoms with van der Waals surface area (Å²) in [6.45, 7) is 0.733. The van der Waals surface area contributed by atoms with Crippen LogP contribution in [-0.4, -0.2) is 25.9 Å². The minimum absolute atomic E-state index is 0.398. The summed E-state index contributed by atoms with van der Waals surface area (Å²) in [4.78, 5) is 14.3. The molecule has 0 amide bonds. The predicted octanol–water partition coefficient (Wildman–Crippen LogP) is 4.65. The van der Waals surface area contributed by atoms with Crippen LogP contribution in [0, 0.1) is 5.92 Å². The lowest BCUT2D eigenvalue weighted by Gasteiger charge is -2.33. The van der Waals surface area contributed by atoms with Gasteiger partial charge in [0.2, 0.25) is 0 Å². The van der Waals surface area contributed by atoms with Crippen molar-refractivity contribution in [3.63, 3.8) is 0 Å². The van der Waals surface area contributed by atoms with Crippen molar-refractivity contribution in [2.24, 2.45) is 11.7 Å². The molecule has 5 aromatic rings. The number of nitrogen functional groups attached to an aromatic ring is 1. The average molecular weight is 421 g/mol. The van der Waals surface area contributed by atoms with Gasteiger partial charge in [-0.25, -0.2) is 15.0 Å². The normalized spacial score (nSPS) is 18.2. The van der Waals surface area contributed by atoms with E-state index in [1.165, 1.54) is 0 Å². The van der Waals surface area contributed by atoms with Crippen molar-refractivity contribution in [2.75, 3.05) is 12.3 Å². The second kappa shape index (κ2) is 7.43. The number of aromatic nitrogens is 4. The maximum absolute atomic E-state index is 6.33. The van der Waals surface area contributed by atoms with Crippen molar-refractivity contribution >= 4 is 22.2 Å². The van der Waals surface area contributed by atoms with Gasteiger partial charge in [0.15, 0.2) is 0 Å². The fourth-order valence-corrected chi connectivity index (χ4v) is 4.75. The summed E-state index contributed by atoms with van der Waals surface area (Å²) < 4.78 is 2.10. The van der Waals surface area contributed by atoms with Crippen molar-refractivity contribution < 1.29 is 0 Å². The highest BCUT2D eigenvalue weighted by atomic mass is 15.1. The van der Waals surface area contributed by atoms with Gasteiger partial charge in [0.25, 0.3) is 0 Å². The SMILES string of the molecule is NCC1CC(c2nc(-c3ccc4ccc(-c5ccccc5)nc4c3)c3c(N)nccn23)C1. The lowest BCUT2D eigenvalue weighted by molar-refractivity contribution is 0.262. The van der Waals surface area contributed by atoms with Gasteiger partial charge in [-0.2, -0.15) is 0 Å². The van der Waals surface area contributed by atoms with Gasteiger partial charge >= 0.3 is 0 Å². The van der Waals surface area contributed by atoms with Crippen molar-refractivity contribution in [1.82, 2.24) is 19.4 Å². The van der Waals surface area contributed by atoms with Gasteiger partial charge in [0.1, 0.15) is 22.9 Å². The lowest BCUT2D eigenvalue weighted by Crippen LogP contribution is -2.29. The van der Waals surface area contributed by atoms with Crippen molar-refractivity contribution in [3.05, 3.63) is 78.9 Å². The van der Waals surface area contributed by atoms with E-state index in [1.54, 1.807) is 6.20 Å². The number of nitrogens with zero attached hydrogens (tertiary/aromatic N) is 4. The lowest BCUT2D eigenvalue weighted by atomic mass is 9.74. The van der Waals surface area contributed by atoms with Gasteiger partial charge in [0.05, 0.1) is 11.2 Å². The summed E-state index contributed by atoms with van der Waals surface area (Å²) in [5.41, 5.74) is 17.9. The van der Waals surface area contributed by atoms with Crippen LogP contribution < -0.4 is 11.5 Å². The summed E-state index contributed by atoms with van der Waals surface area (Å²) in [7, 11) is 0. The number of fused-ring (bicyclic) bond motifs is 2. The number of hydrogen-bond acceptors (Lipinski definition) is 5. The summed E-state index contributed by atoms with van der Waals surface area (Å²) in [6.07, 6.45) is 5.83. The fourth-order valence-electron chi connectivity index (χ4n) is 4.75. The first-order valence-electron chi connectivity index (χ1n) is 11.0. The maximum atomic E-state index is 6.33. The molecule has 0 saturated heterocycles. The van der Waals surface area contributed by atoms with E-state index < -0.39 is 0 Å². The molecule has 1 saturated carbocycles. The Kier molecular flexibility index (Phi) is 4.40. The van der Waals surface area contributed by atoms with Gasteiger partial charge in [0, 0.05) is 34.8 Å². The zero-order valence-electron chi connectivity index (χ0n) is 17.6. The molecule has 4 N–H and O–H groups in total. The van der Waals surface area contributed by atoms with Crippen LogP contribution in [0.25, 0.3) is 38.9 Å². The van der Waals surface area contributed by atoms with Crippen LogP contribution in [0.15, 0.2) is 73.1 Å². The molecule has 6 heteroatoms. The number of hydrogen-bond donors (Lipinski definition) is 2. The van der Waals surface area contributed by atoms with Crippen LogP contribution in [0.2, 0.25) is 0 Å². The number of anilines is 1. The van der Waals surface area contributed by atoms with E-state index >= 15 is 0 Å². The summed E-state index contributed by atoms with van der Waals surface area (Å²) in [5, 5.41) is 1.09. The number of imidazole rings is 1. The molecule has 6 nitrogen and oxygen atoms in total. The Balaban J connectivity index is 1.49. The third-order valence-electron chi connectivity index (χ3n) is 6.58. The van der Waals surface area contributed by atoms with Crippen LogP contribution in [0.1, 0.15) is 24.6 Å². The van der Waals surface area contributed by atoms with Crippen molar-refractivity contribution in [2.45, 2.75) is 18.8 Å². The molecule has 0 radical (unpaired) electrons. The first-order valence-corrected chi connectivity index (χ1v) is 11.0. The van der Waals surface area contributed by atoms with E-state index in [0.717, 1.165) is 64.1 Å². The van der Waals surface area contributed by atoms with E-state index in [1.807, 2.05) is 24.4 Å². The molecule has 158 valence electrons. The number of nitrogens with two attached hydrogens (primary N) is 2. The molecule has 0 spiro atoms. The molecule has 0 unspecified atom stereocenters. The molecule has 0 atom stereocenters. The van der Waals surface area contributed by atoms with Gasteiger partial charge in [-0.1, -0.05) is 48.5 Å².